The lowest BCUT2D eigenvalue weighted by atomic mass is 10.5. The zero-order valence-corrected chi connectivity index (χ0v) is 4.70. The van der Waals surface area contributed by atoms with E-state index in [4.69, 9.17) is 5.11 Å². The van der Waals surface area contributed by atoms with Gasteiger partial charge in [0.15, 0.2) is 6.20 Å². The predicted octanol–water partition coefficient (Wildman–Crippen LogP) is 0.217. The van der Waals surface area contributed by atoms with Crippen molar-refractivity contribution in [2.45, 2.75) is 0 Å². The molecule has 0 fully saturated rings. The van der Waals surface area contributed by atoms with Gasteiger partial charge in [0.2, 0.25) is 0 Å². The molecule has 0 aromatic carbocycles. The summed E-state index contributed by atoms with van der Waals surface area (Å²) in [5.41, 5.74) is 0. The van der Waals surface area contributed by atoms with Crippen molar-refractivity contribution in [2.24, 2.45) is 7.05 Å². The maximum absolute atomic E-state index is 8.88. The molecule has 1 heterocycles. The first-order valence-corrected chi connectivity index (χ1v) is 2.44. The Hall–Kier alpha value is -1.05. The zero-order valence-electron chi connectivity index (χ0n) is 4.70. The van der Waals surface area contributed by atoms with Crippen LogP contribution in [0.2, 0.25) is 0 Å². The van der Waals surface area contributed by atoms with Crippen LogP contribution in [0.5, 0.6) is 5.88 Å². The topological polar surface area (TPSA) is 24.1 Å². The van der Waals surface area contributed by atoms with E-state index in [1.165, 1.54) is 0 Å². The third-order valence-electron chi connectivity index (χ3n) is 1.03. The van der Waals surface area contributed by atoms with Gasteiger partial charge in [0, 0.05) is 6.07 Å². The van der Waals surface area contributed by atoms with Gasteiger partial charge in [-0.2, -0.15) is 4.57 Å². The lowest BCUT2D eigenvalue weighted by Gasteiger charge is -1.85. The Bertz CT molecular complexity index is 165. The second-order valence-corrected chi connectivity index (χ2v) is 1.67. The fraction of sp³-hybridized carbons (Fsp3) is 0.167. The zero-order chi connectivity index (χ0) is 5.98. The van der Waals surface area contributed by atoms with Crippen molar-refractivity contribution in [2.75, 3.05) is 0 Å². The number of hydrogen-bond acceptors (Lipinski definition) is 1. The Labute approximate surface area is 48.0 Å². The maximum atomic E-state index is 8.88. The molecule has 0 aliphatic rings. The molecular weight excluding hydrogens is 102 g/mol. The summed E-state index contributed by atoms with van der Waals surface area (Å²) in [5.74, 6) is 0.285. The Morgan fingerprint density at radius 2 is 2.25 bits per heavy atom. The molecule has 0 unspecified atom stereocenters. The van der Waals surface area contributed by atoms with E-state index in [0.29, 0.717) is 0 Å². The molecule has 1 rings (SSSR count). The summed E-state index contributed by atoms with van der Waals surface area (Å²) < 4.78 is 1.64. The fourth-order valence-corrected chi connectivity index (χ4v) is 0.514. The van der Waals surface area contributed by atoms with Gasteiger partial charge in [-0.1, -0.05) is 0 Å². The Kier molecular flexibility index (Phi) is 1.16. The van der Waals surface area contributed by atoms with Gasteiger partial charge in [-0.05, 0) is 6.07 Å². The third-order valence-corrected chi connectivity index (χ3v) is 1.03. The summed E-state index contributed by atoms with van der Waals surface area (Å²) >= 11 is 0. The largest absolute Gasteiger partial charge is 0.460 e. The molecule has 0 aliphatic carbocycles. The van der Waals surface area contributed by atoms with Crippen LogP contribution in [0, 0.1) is 0 Å². The normalized spacial score (nSPS) is 9.12. The summed E-state index contributed by atoms with van der Waals surface area (Å²) in [5, 5.41) is 8.88. The van der Waals surface area contributed by atoms with Crippen molar-refractivity contribution in [1.82, 2.24) is 0 Å². The second-order valence-electron chi connectivity index (χ2n) is 1.67. The molecule has 0 bridgehead atoms. The smallest absolute Gasteiger partial charge is 0.365 e. The SMILES string of the molecule is C[n+]1ccccc1O. The van der Waals surface area contributed by atoms with Crippen molar-refractivity contribution >= 4 is 0 Å². The minimum atomic E-state index is 0.285. The molecular formula is C6H8NO+. The highest BCUT2D eigenvalue weighted by atomic mass is 16.3. The van der Waals surface area contributed by atoms with Crippen LogP contribution < -0.4 is 4.57 Å². The molecule has 0 atom stereocenters. The highest BCUT2D eigenvalue weighted by Gasteiger charge is 1.95. The first kappa shape index (κ1) is 5.09. The van der Waals surface area contributed by atoms with Gasteiger partial charge in [0.25, 0.3) is 0 Å². The van der Waals surface area contributed by atoms with Gasteiger partial charge in [0.05, 0.1) is 6.07 Å². The van der Waals surface area contributed by atoms with Gasteiger partial charge in [0.1, 0.15) is 7.05 Å². The van der Waals surface area contributed by atoms with Crippen LogP contribution in [0.15, 0.2) is 24.4 Å². The van der Waals surface area contributed by atoms with Crippen LogP contribution in [0.25, 0.3) is 0 Å². The molecule has 2 nitrogen and oxygen atoms in total. The molecule has 0 saturated heterocycles. The van der Waals surface area contributed by atoms with Gasteiger partial charge in [-0.15, -0.1) is 0 Å². The monoisotopic (exact) mass is 110 g/mol. The Balaban J connectivity index is 3.13. The minimum Gasteiger partial charge on any atom is -0.460 e. The van der Waals surface area contributed by atoms with E-state index in [9.17, 15) is 0 Å². The van der Waals surface area contributed by atoms with Crippen LogP contribution >= 0.6 is 0 Å². The summed E-state index contributed by atoms with van der Waals surface area (Å²) in [7, 11) is 1.79. The number of aromatic hydroxyl groups is 1. The average Bonchev–Trinajstić information content (AvgIpc) is 1.77. The summed E-state index contributed by atoms with van der Waals surface area (Å²) in [6, 6.07) is 5.29. The fourth-order valence-electron chi connectivity index (χ4n) is 0.514. The van der Waals surface area contributed by atoms with Gasteiger partial charge < -0.3 is 5.11 Å². The molecule has 0 amide bonds. The van der Waals surface area contributed by atoms with E-state index >= 15 is 0 Å². The number of aromatic nitrogens is 1. The minimum absolute atomic E-state index is 0.285. The van der Waals surface area contributed by atoms with E-state index in [1.54, 1.807) is 29.9 Å². The molecule has 0 radical (unpaired) electrons. The van der Waals surface area contributed by atoms with Crippen LogP contribution in [0.3, 0.4) is 0 Å². The van der Waals surface area contributed by atoms with Gasteiger partial charge in [-0.25, -0.2) is 0 Å². The van der Waals surface area contributed by atoms with E-state index in [0.717, 1.165) is 0 Å². The lowest BCUT2D eigenvalue weighted by Crippen LogP contribution is -2.26. The number of pyridine rings is 1. The lowest BCUT2D eigenvalue weighted by molar-refractivity contribution is -0.677. The van der Waals surface area contributed by atoms with Crippen molar-refractivity contribution in [3.63, 3.8) is 0 Å². The number of aryl methyl sites for hydroxylation is 1. The molecule has 42 valence electrons. The van der Waals surface area contributed by atoms with Crippen molar-refractivity contribution in [1.29, 1.82) is 0 Å². The Morgan fingerprint density at radius 3 is 2.62 bits per heavy atom. The van der Waals surface area contributed by atoms with Crippen molar-refractivity contribution in [3.05, 3.63) is 24.4 Å². The van der Waals surface area contributed by atoms with E-state index < -0.39 is 0 Å². The quantitative estimate of drug-likeness (QED) is 0.474. The molecule has 1 aromatic heterocycles. The molecule has 1 N–H and O–H groups in total. The maximum Gasteiger partial charge on any atom is 0.365 e. The second kappa shape index (κ2) is 1.82. The van der Waals surface area contributed by atoms with Crippen LogP contribution in [0.1, 0.15) is 0 Å². The summed E-state index contributed by atoms with van der Waals surface area (Å²) in [6.45, 7) is 0. The first-order chi connectivity index (χ1) is 3.80. The highest BCUT2D eigenvalue weighted by molar-refractivity contribution is 4.99. The van der Waals surface area contributed by atoms with Crippen LogP contribution in [-0.4, -0.2) is 5.11 Å². The number of nitrogens with zero attached hydrogens (tertiary/aromatic N) is 1. The van der Waals surface area contributed by atoms with Gasteiger partial charge >= 0.3 is 5.88 Å². The van der Waals surface area contributed by atoms with Crippen molar-refractivity contribution in [3.8, 4) is 5.88 Å². The molecule has 0 spiro atoms. The van der Waals surface area contributed by atoms with Crippen molar-refractivity contribution < 1.29 is 9.67 Å². The molecule has 0 saturated carbocycles. The van der Waals surface area contributed by atoms with E-state index in [-0.39, 0.29) is 5.88 Å². The molecule has 0 aliphatic heterocycles. The predicted molar refractivity (Wildman–Crippen MR) is 29.3 cm³/mol. The molecule has 1 aromatic rings. The van der Waals surface area contributed by atoms with E-state index in [1.807, 2.05) is 6.07 Å². The third kappa shape index (κ3) is 0.780. The van der Waals surface area contributed by atoms with Crippen LogP contribution in [0.4, 0.5) is 0 Å². The highest BCUT2D eigenvalue weighted by Crippen LogP contribution is 1.93. The molecule has 8 heavy (non-hydrogen) atoms. The summed E-state index contributed by atoms with van der Waals surface area (Å²) in [4.78, 5) is 0. The molecule has 2 heteroatoms. The first-order valence-electron chi connectivity index (χ1n) is 2.44. The summed E-state index contributed by atoms with van der Waals surface area (Å²) in [6.07, 6.45) is 1.79. The number of hydrogen-bond donors (Lipinski definition) is 1. The standard InChI is InChI=1S/C6H7NO/c1-7-5-3-2-4-6(7)8/h2-5H,1H3/p+1. The van der Waals surface area contributed by atoms with Gasteiger partial charge in [-0.3, -0.25) is 0 Å². The number of rotatable bonds is 0. The average molecular weight is 110 g/mol. The van der Waals surface area contributed by atoms with E-state index in [2.05, 4.69) is 0 Å². The van der Waals surface area contributed by atoms with Crippen LogP contribution in [-0.2, 0) is 7.05 Å². The Morgan fingerprint density at radius 1 is 1.50 bits per heavy atom.